The monoisotopic (exact) mass is 254 g/mol. The topological polar surface area (TPSA) is 38.5 Å². The van der Waals surface area contributed by atoms with Gasteiger partial charge in [0.1, 0.15) is 11.9 Å². The molecular weight excluding hydrogens is 236 g/mol. The Labute approximate surface area is 113 Å². The lowest BCUT2D eigenvalue weighted by Gasteiger charge is -2.23. The molecule has 1 aliphatic rings. The van der Waals surface area contributed by atoms with E-state index in [0.29, 0.717) is 0 Å². The van der Waals surface area contributed by atoms with Gasteiger partial charge in [-0.25, -0.2) is 0 Å². The van der Waals surface area contributed by atoms with Crippen LogP contribution in [0.3, 0.4) is 0 Å². The third-order valence-corrected chi connectivity index (χ3v) is 3.50. The maximum absolute atomic E-state index is 5.96. The number of nitrogens with zero attached hydrogens (tertiary/aromatic N) is 1. The number of likely N-dealkylation sites (N-methyl/N-ethyl adjacent to an activating group) is 1. The molecule has 0 amide bonds. The molecule has 3 rings (SSSR count). The van der Waals surface area contributed by atoms with Crippen molar-refractivity contribution in [2.45, 2.75) is 12.5 Å². The third kappa shape index (κ3) is 2.50. The molecule has 0 aliphatic carbocycles. The zero-order valence-electron chi connectivity index (χ0n) is 11.0. The fourth-order valence-electron chi connectivity index (χ4n) is 2.53. The Bertz CT molecular complexity index is 557. The van der Waals surface area contributed by atoms with E-state index in [9.17, 15) is 0 Å². The molecule has 2 N–H and O–H groups in total. The van der Waals surface area contributed by atoms with Crippen molar-refractivity contribution in [3.8, 4) is 5.75 Å². The van der Waals surface area contributed by atoms with Crippen LogP contribution >= 0.6 is 0 Å². The lowest BCUT2D eigenvalue weighted by Crippen LogP contribution is -2.31. The van der Waals surface area contributed by atoms with Crippen molar-refractivity contribution in [1.82, 2.24) is 0 Å². The fourth-order valence-corrected chi connectivity index (χ4v) is 2.53. The number of hydrogen-bond acceptors (Lipinski definition) is 3. The van der Waals surface area contributed by atoms with Gasteiger partial charge in [-0.05, 0) is 29.8 Å². The lowest BCUT2D eigenvalue weighted by molar-refractivity contribution is 0.239. The number of fused-ring (bicyclic) bond motifs is 1. The summed E-state index contributed by atoms with van der Waals surface area (Å²) in [5.41, 5.74) is 9.03. The average molecular weight is 254 g/mol. The van der Waals surface area contributed by atoms with Gasteiger partial charge in [0.2, 0.25) is 0 Å². The van der Waals surface area contributed by atoms with Crippen molar-refractivity contribution in [3.63, 3.8) is 0 Å². The summed E-state index contributed by atoms with van der Waals surface area (Å²) >= 11 is 0. The average Bonchev–Trinajstić information content (AvgIpc) is 2.80. The molecule has 0 aromatic heterocycles. The predicted molar refractivity (Wildman–Crippen MR) is 78.7 cm³/mol. The number of nitrogens with two attached hydrogens (primary N) is 1. The Hall–Kier alpha value is -2.16. The number of nitrogen functional groups attached to an aromatic ring is 1. The van der Waals surface area contributed by atoms with Gasteiger partial charge in [0.05, 0.1) is 6.54 Å². The van der Waals surface area contributed by atoms with Crippen LogP contribution in [-0.2, 0) is 6.42 Å². The van der Waals surface area contributed by atoms with Gasteiger partial charge in [0.15, 0.2) is 0 Å². The first-order valence-electron chi connectivity index (χ1n) is 6.53. The summed E-state index contributed by atoms with van der Waals surface area (Å²) in [4.78, 5) is 2.19. The van der Waals surface area contributed by atoms with Gasteiger partial charge in [-0.2, -0.15) is 0 Å². The van der Waals surface area contributed by atoms with E-state index in [1.54, 1.807) is 0 Å². The Morgan fingerprint density at radius 2 is 2.05 bits per heavy atom. The molecule has 0 spiro atoms. The standard InChI is InChI=1S/C16H18N2O/c1-18(14-7-4-6-13(17)10-14)11-15-9-12-5-2-3-8-16(12)19-15/h2-8,10,15H,9,11,17H2,1H3. The van der Waals surface area contributed by atoms with E-state index in [2.05, 4.69) is 30.1 Å². The van der Waals surface area contributed by atoms with Crippen molar-refractivity contribution < 1.29 is 4.74 Å². The van der Waals surface area contributed by atoms with Crippen molar-refractivity contribution in [3.05, 3.63) is 54.1 Å². The molecule has 3 heteroatoms. The zero-order valence-corrected chi connectivity index (χ0v) is 11.0. The molecule has 2 aromatic carbocycles. The fraction of sp³-hybridized carbons (Fsp3) is 0.250. The van der Waals surface area contributed by atoms with Gasteiger partial charge < -0.3 is 15.4 Å². The number of ether oxygens (including phenoxy) is 1. The van der Waals surface area contributed by atoms with Crippen molar-refractivity contribution >= 4 is 11.4 Å². The predicted octanol–water partition coefficient (Wildman–Crippen LogP) is 2.71. The Morgan fingerprint density at radius 1 is 1.21 bits per heavy atom. The van der Waals surface area contributed by atoms with Crippen LogP contribution in [0.1, 0.15) is 5.56 Å². The summed E-state index contributed by atoms with van der Waals surface area (Å²) in [7, 11) is 2.07. The second-order valence-electron chi connectivity index (χ2n) is 5.03. The van der Waals surface area contributed by atoms with Crippen molar-refractivity contribution in [1.29, 1.82) is 0 Å². The van der Waals surface area contributed by atoms with E-state index in [4.69, 9.17) is 10.5 Å². The highest BCUT2D eigenvalue weighted by atomic mass is 16.5. The van der Waals surface area contributed by atoms with Gasteiger partial charge in [0.25, 0.3) is 0 Å². The Balaban J connectivity index is 1.67. The van der Waals surface area contributed by atoms with E-state index in [1.807, 2.05) is 30.3 Å². The maximum Gasteiger partial charge on any atom is 0.123 e. The minimum absolute atomic E-state index is 0.212. The molecule has 0 radical (unpaired) electrons. The van der Waals surface area contributed by atoms with Crippen molar-refractivity contribution in [2.24, 2.45) is 0 Å². The summed E-state index contributed by atoms with van der Waals surface area (Å²) in [6.07, 6.45) is 1.19. The minimum Gasteiger partial charge on any atom is -0.488 e. The summed E-state index contributed by atoms with van der Waals surface area (Å²) in [5, 5.41) is 0. The van der Waals surface area contributed by atoms with E-state index in [-0.39, 0.29) is 6.10 Å². The number of rotatable bonds is 3. The molecule has 3 nitrogen and oxygen atoms in total. The van der Waals surface area contributed by atoms with Crippen LogP contribution < -0.4 is 15.4 Å². The second kappa shape index (κ2) is 4.84. The highest BCUT2D eigenvalue weighted by Gasteiger charge is 2.23. The van der Waals surface area contributed by atoms with Crippen LogP contribution in [0.2, 0.25) is 0 Å². The minimum atomic E-state index is 0.212. The highest BCUT2D eigenvalue weighted by molar-refractivity contribution is 5.55. The molecule has 0 saturated carbocycles. The Kier molecular flexibility index (Phi) is 3.03. The van der Waals surface area contributed by atoms with Crippen LogP contribution in [-0.4, -0.2) is 19.7 Å². The molecule has 98 valence electrons. The normalized spacial score (nSPS) is 16.8. The van der Waals surface area contributed by atoms with Gasteiger partial charge >= 0.3 is 0 Å². The van der Waals surface area contributed by atoms with Crippen LogP contribution in [0.25, 0.3) is 0 Å². The molecule has 0 saturated heterocycles. The smallest absolute Gasteiger partial charge is 0.123 e. The molecular formula is C16H18N2O. The first-order chi connectivity index (χ1) is 9.22. The third-order valence-electron chi connectivity index (χ3n) is 3.50. The summed E-state index contributed by atoms with van der Waals surface area (Å²) < 4.78 is 5.96. The summed E-state index contributed by atoms with van der Waals surface area (Å²) in [6.45, 7) is 0.859. The molecule has 1 unspecified atom stereocenters. The number of benzene rings is 2. The molecule has 19 heavy (non-hydrogen) atoms. The molecule has 1 atom stereocenters. The first-order valence-corrected chi connectivity index (χ1v) is 6.53. The number of anilines is 2. The molecule has 0 fully saturated rings. The van der Waals surface area contributed by atoms with E-state index in [1.165, 1.54) is 5.56 Å². The van der Waals surface area contributed by atoms with E-state index >= 15 is 0 Å². The number of para-hydroxylation sites is 1. The van der Waals surface area contributed by atoms with E-state index < -0.39 is 0 Å². The Morgan fingerprint density at radius 3 is 2.84 bits per heavy atom. The quantitative estimate of drug-likeness (QED) is 0.856. The largest absolute Gasteiger partial charge is 0.488 e. The van der Waals surface area contributed by atoms with Crippen LogP contribution in [0.15, 0.2) is 48.5 Å². The second-order valence-corrected chi connectivity index (χ2v) is 5.03. The van der Waals surface area contributed by atoms with Crippen molar-refractivity contribution in [2.75, 3.05) is 24.2 Å². The van der Waals surface area contributed by atoms with Crippen LogP contribution in [0, 0.1) is 0 Å². The SMILES string of the molecule is CN(CC1Cc2ccccc2O1)c1cccc(N)c1. The molecule has 0 bridgehead atoms. The first kappa shape index (κ1) is 11.9. The van der Waals surface area contributed by atoms with Crippen LogP contribution in [0.4, 0.5) is 11.4 Å². The van der Waals surface area contributed by atoms with Crippen LogP contribution in [0.5, 0.6) is 5.75 Å². The zero-order chi connectivity index (χ0) is 13.2. The van der Waals surface area contributed by atoms with Gasteiger partial charge in [-0.3, -0.25) is 0 Å². The van der Waals surface area contributed by atoms with Gasteiger partial charge in [0, 0.05) is 24.8 Å². The van der Waals surface area contributed by atoms with Gasteiger partial charge in [-0.15, -0.1) is 0 Å². The molecule has 2 aromatic rings. The summed E-state index contributed by atoms with van der Waals surface area (Å²) in [5.74, 6) is 1.02. The lowest BCUT2D eigenvalue weighted by atomic mass is 10.1. The van der Waals surface area contributed by atoms with Gasteiger partial charge in [-0.1, -0.05) is 24.3 Å². The number of hydrogen-bond donors (Lipinski definition) is 1. The molecule has 1 heterocycles. The maximum atomic E-state index is 5.96. The van der Waals surface area contributed by atoms with E-state index in [0.717, 1.165) is 30.1 Å². The highest BCUT2D eigenvalue weighted by Crippen LogP contribution is 2.29. The molecule has 1 aliphatic heterocycles. The summed E-state index contributed by atoms with van der Waals surface area (Å²) in [6, 6.07) is 16.2.